The minimum Gasteiger partial charge on any atom is -0.294 e. The molecule has 0 fully saturated rings. The Morgan fingerprint density at radius 2 is 2.05 bits per heavy atom. The Labute approximate surface area is 111 Å². The molecular formula is C15H17N3O. The molecule has 19 heavy (non-hydrogen) atoms. The summed E-state index contributed by atoms with van der Waals surface area (Å²) in [5, 5.41) is 4.91. The first-order chi connectivity index (χ1) is 9.31. The molecule has 2 aromatic heterocycles. The molecule has 3 rings (SSSR count). The van der Waals surface area contributed by atoms with Gasteiger partial charge in [-0.05, 0) is 12.5 Å². The summed E-state index contributed by atoms with van der Waals surface area (Å²) >= 11 is 0. The third-order valence-corrected chi connectivity index (χ3v) is 3.48. The number of benzene rings is 1. The lowest BCUT2D eigenvalue weighted by Gasteiger charge is -1.99. The normalized spacial score (nSPS) is 11.4. The molecule has 0 atom stereocenters. The number of rotatable bonds is 4. The van der Waals surface area contributed by atoms with Crippen molar-refractivity contribution in [2.75, 3.05) is 0 Å². The summed E-state index contributed by atoms with van der Waals surface area (Å²) in [7, 11) is 0. The highest BCUT2D eigenvalue weighted by Crippen LogP contribution is 2.19. The van der Waals surface area contributed by atoms with Gasteiger partial charge in [0, 0.05) is 18.1 Å². The monoisotopic (exact) mass is 255 g/mol. The van der Waals surface area contributed by atoms with Crippen molar-refractivity contribution >= 4 is 21.8 Å². The molecule has 0 radical (unpaired) electrons. The number of unbranched alkanes of at least 4 members (excludes halogenated alkanes) is 2. The van der Waals surface area contributed by atoms with Gasteiger partial charge in [-0.15, -0.1) is 0 Å². The molecule has 0 amide bonds. The number of nitrogens with one attached hydrogen (secondary N) is 1. The maximum atomic E-state index is 12.3. The van der Waals surface area contributed by atoms with E-state index in [1.807, 2.05) is 24.3 Å². The Kier molecular flexibility index (Phi) is 3.07. The Morgan fingerprint density at radius 3 is 2.89 bits per heavy atom. The first kappa shape index (κ1) is 12.0. The number of aryl methyl sites for hydroxylation is 1. The van der Waals surface area contributed by atoms with E-state index >= 15 is 0 Å². The Hall–Kier alpha value is -2.10. The second-order valence-corrected chi connectivity index (χ2v) is 4.84. The van der Waals surface area contributed by atoms with E-state index in [1.54, 1.807) is 10.9 Å². The van der Waals surface area contributed by atoms with Crippen LogP contribution in [0.2, 0.25) is 0 Å². The molecule has 0 saturated heterocycles. The second kappa shape index (κ2) is 4.88. The highest BCUT2D eigenvalue weighted by molar-refractivity contribution is 6.02. The van der Waals surface area contributed by atoms with Crippen molar-refractivity contribution in [2.24, 2.45) is 0 Å². The fourth-order valence-corrected chi connectivity index (χ4v) is 2.43. The molecule has 2 heterocycles. The molecule has 3 aromatic rings. The van der Waals surface area contributed by atoms with Crippen LogP contribution in [0.1, 0.15) is 26.2 Å². The van der Waals surface area contributed by atoms with Crippen LogP contribution in [0.3, 0.4) is 0 Å². The number of hydrogen-bond donors (Lipinski definition) is 1. The highest BCUT2D eigenvalue weighted by atomic mass is 16.1. The zero-order chi connectivity index (χ0) is 13.2. The van der Waals surface area contributed by atoms with Crippen LogP contribution in [-0.4, -0.2) is 14.8 Å². The van der Waals surface area contributed by atoms with E-state index in [1.165, 1.54) is 0 Å². The Balaban J connectivity index is 2.14. The molecule has 1 aromatic carbocycles. The Bertz CT molecular complexity index is 770. The molecule has 0 saturated carbocycles. The molecular weight excluding hydrogens is 238 g/mol. The predicted octanol–water partition coefficient (Wildman–Crippen LogP) is 3.07. The third-order valence-electron chi connectivity index (χ3n) is 3.48. The van der Waals surface area contributed by atoms with Crippen LogP contribution < -0.4 is 5.56 Å². The molecule has 0 spiro atoms. The first-order valence-electron chi connectivity index (χ1n) is 6.77. The lowest BCUT2D eigenvalue weighted by Crippen LogP contribution is -2.16. The number of pyridine rings is 1. The van der Waals surface area contributed by atoms with Crippen molar-refractivity contribution < 1.29 is 0 Å². The van der Waals surface area contributed by atoms with Crippen LogP contribution in [0, 0.1) is 0 Å². The van der Waals surface area contributed by atoms with E-state index in [0.717, 1.165) is 42.2 Å². The highest BCUT2D eigenvalue weighted by Gasteiger charge is 2.09. The van der Waals surface area contributed by atoms with E-state index in [9.17, 15) is 4.79 Å². The van der Waals surface area contributed by atoms with Gasteiger partial charge in [-0.1, -0.05) is 38.0 Å². The summed E-state index contributed by atoms with van der Waals surface area (Å²) in [6.07, 6.45) is 4.99. The number of nitrogens with zero attached hydrogens (tertiary/aromatic N) is 2. The Morgan fingerprint density at radius 1 is 1.21 bits per heavy atom. The smallest absolute Gasteiger partial charge is 0.275 e. The third kappa shape index (κ3) is 2.03. The summed E-state index contributed by atoms with van der Waals surface area (Å²) < 4.78 is 1.70. The molecule has 0 aliphatic heterocycles. The number of fused-ring (bicyclic) bond motifs is 3. The van der Waals surface area contributed by atoms with Crippen LogP contribution in [0.25, 0.3) is 21.8 Å². The van der Waals surface area contributed by atoms with Crippen molar-refractivity contribution in [1.82, 2.24) is 14.8 Å². The van der Waals surface area contributed by atoms with Crippen molar-refractivity contribution in [3.05, 3.63) is 40.8 Å². The molecule has 0 bridgehead atoms. The molecule has 0 unspecified atom stereocenters. The van der Waals surface area contributed by atoms with Crippen LogP contribution in [0.4, 0.5) is 0 Å². The predicted molar refractivity (Wildman–Crippen MR) is 77.4 cm³/mol. The van der Waals surface area contributed by atoms with Crippen LogP contribution in [-0.2, 0) is 6.54 Å². The van der Waals surface area contributed by atoms with E-state index in [2.05, 4.69) is 17.0 Å². The molecule has 0 aliphatic rings. The maximum absolute atomic E-state index is 12.3. The number of aromatic nitrogens is 3. The summed E-state index contributed by atoms with van der Waals surface area (Å²) in [4.78, 5) is 16.6. The van der Waals surface area contributed by atoms with E-state index in [0.29, 0.717) is 5.39 Å². The number of hydrogen-bond acceptors (Lipinski definition) is 2. The SMILES string of the molecule is CCCCCn1[nH]c2c(cnc3ccccc32)c1=O. The fourth-order valence-electron chi connectivity index (χ4n) is 2.43. The van der Waals surface area contributed by atoms with Gasteiger partial charge in [-0.2, -0.15) is 0 Å². The average molecular weight is 255 g/mol. The largest absolute Gasteiger partial charge is 0.294 e. The van der Waals surface area contributed by atoms with E-state index < -0.39 is 0 Å². The van der Waals surface area contributed by atoms with Gasteiger partial charge in [0.1, 0.15) is 0 Å². The molecule has 1 N–H and O–H groups in total. The van der Waals surface area contributed by atoms with Gasteiger partial charge in [-0.3, -0.25) is 19.6 Å². The van der Waals surface area contributed by atoms with Gasteiger partial charge in [0.25, 0.3) is 5.56 Å². The standard InChI is InChI=1S/C15H17N3O/c1-2-3-6-9-18-15(19)12-10-16-13-8-5-4-7-11(13)14(12)17-18/h4-5,7-8,10,17H,2-3,6,9H2,1H3. The van der Waals surface area contributed by atoms with Crippen LogP contribution >= 0.6 is 0 Å². The number of H-pyrrole nitrogens is 1. The van der Waals surface area contributed by atoms with Crippen molar-refractivity contribution in [1.29, 1.82) is 0 Å². The summed E-state index contributed by atoms with van der Waals surface area (Å²) in [5.41, 5.74) is 1.84. The molecule has 4 heteroatoms. The van der Waals surface area contributed by atoms with Gasteiger partial charge in [0.2, 0.25) is 0 Å². The van der Waals surface area contributed by atoms with Gasteiger partial charge in [0.05, 0.1) is 16.4 Å². The lowest BCUT2D eigenvalue weighted by molar-refractivity contribution is 0.545. The van der Waals surface area contributed by atoms with E-state index in [-0.39, 0.29) is 5.56 Å². The lowest BCUT2D eigenvalue weighted by atomic mass is 10.2. The minimum atomic E-state index is 0.0318. The van der Waals surface area contributed by atoms with Crippen molar-refractivity contribution in [2.45, 2.75) is 32.7 Å². The van der Waals surface area contributed by atoms with Gasteiger partial charge < -0.3 is 0 Å². The fraction of sp³-hybridized carbons (Fsp3) is 0.333. The molecule has 98 valence electrons. The van der Waals surface area contributed by atoms with Gasteiger partial charge in [0.15, 0.2) is 0 Å². The first-order valence-corrected chi connectivity index (χ1v) is 6.77. The number of para-hydroxylation sites is 1. The zero-order valence-corrected chi connectivity index (χ0v) is 11.0. The summed E-state index contributed by atoms with van der Waals surface area (Å²) in [6.45, 7) is 2.90. The number of aromatic amines is 1. The quantitative estimate of drug-likeness (QED) is 0.728. The van der Waals surface area contributed by atoms with Gasteiger partial charge >= 0.3 is 0 Å². The van der Waals surface area contributed by atoms with Crippen molar-refractivity contribution in [3.8, 4) is 0 Å². The average Bonchev–Trinajstić information content (AvgIpc) is 2.77. The maximum Gasteiger partial charge on any atom is 0.275 e. The summed E-state index contributed by atoms with van der Waals surface area (Å²) in [6, 6.07) is 7.88. The van der Waals surface area contributed by atoms with Crippen LogP contribution in [0.5, 0.6) is 0 Å². The second-order valence-electron chi connectivity index (χ2n) is 4.84. The topological polar surface area (TPSA) is 50.7 Å². The molecule has 0 aliphatic carbocycles. The zero-order valence-electron chi connectivity index (χ0n) is 11.0. The van der Waals surface area contributed by atoms with Crippen LogP contribution in [0.15, 0.2) is 35.3 Å². The minimum absolute atomic E-state index is 0.0318. The van der Waals surface area contributed by atoms with Crippen molar-refractivity contribution in [3.63, 3.8) is 0 Å². The van der Waals surface area contributed by atoms with Gasteiger partial charge in [-0.25, -0.2) is 0 Å². The van der Waals surface area contributed by atoms with E-state index in [4.69, 9.17) is 0 Å². The molecule has 4 nitrogen and oxygen atoms in total. The summed E-state index contributed by atoms with van der Waals surface area (Å²) in [5.74, 6) is 0.